The lowest BCUT2D eigenvalue weighted by Gasteiger charge is -2.26. The predicted molar refractivity (Wildman–Crippen MR) is 74.0 cm³/mol. The first kappa shape index (κ1) is 15.1. The summed E-state index contributed by atoms with van der Waals surface area (Å²) < 4.78 is 0. The van der Waals surface area contributed by atoms with Crippen LogP contribution in [0.2, 0.25) is 0 Å². The molecule has 1 amide bonds. The molecule has 19 heavy (non-hydrogen) atoms. The molecule has 5 nitrogen and oxygen atoms in total. The van der Waals surface area contributed by atoms with Crippen molar-refractivity contribution in [1.29, 1.82) is 0 Å². The fourth-order valence-electron chi connectivity index (χ4n) is 2.07. The number of nitrogens with one attached hydrogen (secondary N) is 1. The fourth-order valence-corrected chi connectivity index (χ4v) is 2.07. The number of carbonyl (C=O) groups is 1. The summed E-state index contributed by atoms with van der Waals surface area (Å²) in [5.41, 5.74) is 0.428. The summed E-state index contributed by atoms with van der Waals surface area (Å²) >= 11 is 0. The van der Waals surface area contributed by atoms with Crippen LogP contribution in [0.5, 0.6) is 0 Å². The zero-order valence-electron chi connectivity index (χ0n) is 11.7. The Kier molecular flexibility index (Phi) is 5.03. The largest absolute Gasteiger partial charge is 0.349 e. The Morgan fingerprint density at radius 3 is 1.95 bits per heavy atom. The topological polar surface area (TPSA) is 72.2 Å². The average molecular weight is 264 g/mol. The molecule has 1 aromatic rings. The van der Waals surface area contributed by atoms with Crippen molar-refractivity contribution >= 4 is 11.6 Å². The van der Waals surface area contributed by atoms with E-state index in [0.29, 0.717) is 17.4 Å². The van der Waals surface area contributed by atoms with Gasteiger partial charge in [-0.25, -0.2) is 0 Å². The van der Waals surface area contributed by atoms with Crippen molar-refractivity contribution in [1.82, 2.24) is 5.32 Å². The summed E-state index contributed by atoms with van der Waals surface area (Å²) in [4.78, 5) is 22.1. The van der Waals surface area contributed by atoms with Crippen molar-refractivity contribution in [2.75, 3.05) is 0 Å². The van der Waals surface area contributed by atoms with Gasteiger partial charge < -0.3 is 5.32 Å². The summed E-state index contributed by atoms with van der Waals surface area (Å²) in [5, 5.41) is 13.5. The van der Waals surface area contributed by atoms with E-state index in [4.69, 9.17) is 0 Å². The molecule has 0 atom stereocenters. The number of non-ortho nitro benzene ring substituents is 1. The van der Waals surface area contributed by atoms with E-state index in [1.807, 2.05) is 0 Å². The summed E-state index contributed by atoms with van der Waals surface area (Å²) in [7, 11) is 0. The molecule has 0 aliphatic rings. The second kappa shape index (κ2) is 6.31. The van der Waals surface area contributed by atoms with E-state index in [0.717, 1.165) is 0 Å². The highest BCUT2D eigenvalue weighted by molar-refractivity contribution is 5.94. The molecule has 0 aromatic heterocycles. The molecule has 0 aliphatic heterocycles. The van der Waals surface area contributed by atoms with E-state index in [1.165, 1.54) is 24.3 Å². The van der Waals surface area contributed by atoms with Gasteiger partial charge in [0.15, 0.2) is 0 Å². The molecule has 104 valence electrons. The van der Waals surface area contributed by atoms with Gasteiger partial charge in [-0.1, -0.05) is 27.7 Å². The highest BCUT2D eigenvalue weighted by Crippen LogP contribution is 2.15. The Morgan fingerprint density at radius 1 is 1.11 bits per heavy atom. The Hall–Kier alpha value is -1.91. The third-order valence-corrected chi connectivity index (χ3v) is 3.07. The minimum absolute atomic E-state index is 0.0131. The van der Waals surface area contributed by atoms with Crippen molar-refractivity contribution in [3.05, 3.63) is 39.9 Å². The molecule has 0 radical (unpaired) electrons. The van der Waals surface area contributed by atoms with Crippen LogP contribution in [-0.4, -0.2) is 16.9 Å². The Bertz CT molecular complexity index is 444. The summed E-state index contributed by atoms with van der Waals surface area (Å²) in [6.45, 7) is 8.23. The van der Waals surface area contributed by atoms with E-state index in [-0.39, 0.29) is 17.6 Å². The predicted octanol–water partition coefficient (Wildman–Crippen LogP) is 3.01. The van der Waals surface area contributed by atoms with Crippen LogP contribution in [0, 0.1) is 22.0 Å². The van der Waals surface area contributed by atoms with Crippen LogP contribution < -0.4 is 5.32 Å². The standard InChI is InChI=1S/C14H20N2O3/c1-9(2)13(10(3)4)15-14(17)11-5-7-12(8-6-11)16(18)19/h5-10,13H,1-4H3,(H,15,17). The van der Waals surface area contributed by atoms with Gasteiger partial charge in [0.05, 0.1) is 4.92 Å². The van der Waals surface area contributed by atoms with Crippen LogP contribution in [0.15, 0.2) is 24.3 Å². The molecule has 0 unspecified atom stereocenters. The number of amides is 1. The molecular weight excluding hydrogens is 244 g/mol. The van der Waals surface area contributed by atoms with E-state index < -0.39 is 4.92 Å². The monoisotopic (exact) mass is 264 g/mol. The smallest absolute Gasteiger partial charge is 0.269 e. The lowest BCUT2D eigenvalue weighted by atomic mass is 9.93. The molecule has 1 N–H and O–H groups in total. The van der Waals surface area contributed by atoms with Gasteiger partial charge in [-0.05, 0) is 24.0 Å². The molecule has 0 aliphatic carbocycles. The molecule has 1 rings (SSSR count). The van der Waals surface area contributed by atoms with Crippen LogP contribution in [-0.2, 0) is 0 Å². The highest BCUT2D eigenvalue weighted by Gasteiger charge is 2.20. The lowest BCUT2D eigenvalue weighted by molar-refractivity contribution is -0.384. The van der Waals surface area contributed by atoms with Crippen molar-refractivity contribution in [3.8, 4) is 0 Å². The zero-order valence-corrected chi connectivity index (χ0v) is 11.7. The molecular formula is C14H20N2O3. The van der Waals surface area contributed by atoms with Gasteiger partial charge in [0.1, 0.15) is 0 Å². The number of nitrogens with zero attached hydrogens (tertiary/aromatic N) is 1. The average Bonchev–Trinajstić information content (AvgIpc) is 2.34. The van der Waals surface area contributed by atoms with Crippen LogP contribution >= 0.6 is 0 Å². The van der Waals surface area contributed by atoms with Gasteiger partial charge in [-0.15, -0.1) is 0 Å². The third-order valence-electron chi connectivity index (χ3n) is 3.07. The molecule has 0 bridgehead atoms. The fraction of sp³-hybridized carbons (Fsp3) is 0.500. The van der Waals surface area contributed by atoms with Crippen LogP contribution in [0.1, 0.15) is 38.1 Å². The number of nitro groups is 1. The van der Waals surface area contributed by atoms with Gasteiger partial charge in [0.2, 0.25) is 0 Å². The Labute approximate surface area is 113 Å². The maximum atomic E-state index is 12.1. The highest BCUT2D eigenvalue weighted by atomic mass is 16.6. The van der Waals surface area contributed by atoms with E-state index >= 15 is 0 Å². The van der Waals surface area contributed by atoms with E-state index in [2.05, 4.69) is 33.0 Å². The maximum Gasteiger partial charge on any atom is 0.269 e. The van der Waals surface area contributed by atoms with Crippen LogP contribution in [0.25, 0.3) is 0 Å². The van der Waals surface area contributed by atoms with Crippen molar-refractivity contribution in [2.24, 2.45) is 11.8 Å². The maximum absolute atomic E-state index is 12.1. The minimum atomic E-state index is -0.479. The first-order valence-corrected chi connectivity index (χ1v) is 6.38. The lowest BCUT2D eigenvalue weighted by Crippen LogP contribution is -2.42. The first-order chi connectivity index (χ1) is 8.82. The number of hydrogen-bond donors (Lipinski definition) is 1. The van der Waals surface area contributed by atoms with Crippen molar-refractivity contribution in [3.63, 3.8) is 0 Å². The minimum Gasteiger partial charge on any atom is -0.349 e. The van der Waals surface area contributed by atoms with Crippen molar-refractivity contribution < 1.29 is 9.72 Å². The number of carbonyl (C=O) groups excluding carboxylic acids is 1. The SMILES string of the molecule is CC(C)C(NC(=O)c1ccc([N+](=O)[O-])cc1)C(C)C. The number of rotatable bonds is 5. The number of hydrogen-bond acceptors (Lipinski definition) is 3. The molecule has 0 heterocycles. The van der Waals surface area contributed by atoms with E-state index in [1.54, 1.807) is 0 Å². The third kappa shape index (κ3) is 4.05. The second-order valence-corrected chi connectivity index (χ2v) is 5.29. The summed E-state index contributed by atoms with van der Waals surface area (Å²) in [6, 6.07) is 5.72. The molecule has 0 saturated heterocycles. The number of nitro benzene ring substituents is 1. The quantitative estimate of drug-likeness (QED) is 0.656. The molecule has 1 aromatic carbocycles. The number of benzene rings is 1. The Morgan fingerprint density at radius 2 is 1.58 bits per heavy atom. The van der Waals surface area contributed by atoms with Gasteiger partial charge >= 0.3 is 0 Å². The summed E-state index contributed by atoms with van der Waals surface area (Å²) in [5.74, 6) is 0.478. The zero-order chi connectivity index (χ0) is 14.6. The molecule has 0 saturated carbocycles. The van der Waals surface area contributed by atoms with Crippen LogP contribution in [0.3, 0.4) is 0 Å². The molecule has 0 fully saturated rings. The van der Waals surface area contributed by atoms with Gasteiger partial charge in [0, 0.05) is 23.7 Å². The normalized spacial score (nSPS) is 11.1. The second-order valence-electron chi connectivity index (χ2n) is 5.29. The van der Waals surface area contributed by atoms with Gasteiger partial charge in [0.25, 0.3) is 11.6 Å². The first-order valence-electron chi connectivity index (χ1n) is 6.38. The van der Waals surface area contributed by atoms with Gasteiger partial charge in [-0.3, -0.25) is 14.9 Å². The Balaban J connectivity index is 2.80. The van der Waals surface area contributed by atoms with Crippen molar-refractivity contribution in [2.45, 2.75) is 33.7 Å². The molecule has 5 heteroatoms. The molecule has 0 spiro atoms. The van der Waals surface area contributed by atoms with E-state index in [9.17, 15) is 14.9 Å². The van der Waals surface area contributed by atoms with Gasteiger partial charge in [-0.2, -0.15) is 0 Å². The van der Waals surface area contributed by atoms with Crippen LogP contribution in [0.4, 0.5) is 5.69 Å². The summed E-state index contributed by atoms with van der Waals surface area (Å²) in [6.07, 6.45) is 0.